The van der Waals surface area contributed by atoms with Gasteiger partial charge in [0, 0.05) is 24.4 Å². The number of aryl methyl sites for hydroxylation is 2. The molecule has 1 aliphatic rings. The van der Waals surface area contributed by atoms with Crippen LogP contribution in [-0.2, 0) is 17.7 Å². The lowest BCUT2D eigenvalue weighted by Gasteiger charge is -2.23. The highest BCUT2D eigenvalue weighted by molar-refractivity contribution is 5.89. The standard InChI is InChI=1S/C17H17NO4/c1-3-22-17(20)14-10-18-7-6-11-4-5-12(21-2)8-13(11)15(18)9-16(14)19/h4-5,8-10H,3,6-7H2,1-2H3. The Bertz CT molecular complexity index is 792. The summed E-state index contributed by atoms with van der Waals surface area (Å²) in [6.07, 6.45) is 2.44. The number of hydrogen-bond acceptors (Lipinski definition) is 4. The smallest absolute Gasteiger partial charge is 0.343 e. The number of hydrogen-bond donors (Lipinski definition) is 0. The predicted molar refractivity (Wildman–Crippen MR) is 82.4 cm³/mol. The van der Waals surface area contributed by atoms with Gasteiger partial charge in [-0.25, -0.2) is 4.79 Å². The van der Waals surface area contributed by atoms with Crippen molar-refractivity contribution in [3.8, 4) is 17.0 Å². The van der Waals surface area contributed by atoms with Crippen molar-refractivity contribution in [2.45, 2.75) is 19.9 Å². The molecule has 0 saturated heterocycles. The number of rotatable bonds is 3. The van der Waals surface area contributed by atoms with Crippen LogP contribution in [-0.4, -0.2) is 24.3 Å². The van der Waals surface area contributed by atoms with Crippen molar-refractivity contribution < 1.29 is 14.3 Å². The third-order valence-corrected chi connectivity index (χ3v) is 3.84. The molecule has 1 aromatic carbocycles. The van der Waals surface area contributed by atoms with Gasteiger partial charge in [-0.05, 0) is 31.0 Å². The van der Waals surface area contributed by atoms with Gasteiger partial charge < -0.3 is 14.0 Å². The van der Waals surface area contributed by atoms with Crippen molar-refractivity contribution in [3.63, 3.8) is 0 Å². The second-order valence-corrected chi connectivity index (χ2v) is 5.12. The van der Waals surface area contributed by atoms with E-state index in [4.69, 9.17) is 9.47 Å². The van der Waals surface area contributed by atoms with E-state index in [1.165, 1.54) is 11.6 Å². The fourth-order valence-electron chi connectivity index (χ4n) is 2.73. The fourth-order valence-corrected chi connectivity index (χ4v) is 2.73. The number of fused-ring (bicyclic) bond motifs is 3. The summed E-state index contributed by atoms with van der Waals surface area (Å²) in [4.78, 5) is 24.1. The van der Waals surface area contributed by atoms with Crippen molar-refractivity contribution in [1.82, 2.24) is 4.57 Å². The molecule has 0 saturated carbocycles. The summed E-state index contributed by atoms with van der Waals surface area (Å²) in [5, 5.41) is 0. The maximum absolute atomic E-state index is 12.2. The molecular formula is C17H17NO4. The Balaban J connectivity index is 2.13. The van der Waals surface area contributed by atoms with E-state index in [-0.39, 0.29) is 17.6 Å². The molecule has 5 heteroatoms. The number of ether oxygens (including phenoxy) is 2. The maximum Gasteiger partial charge on any atom is 0.343 e. The number of aromatic nitrogens is 1. The molecule has 114 valence electrons. The molecule has 3 rings (SSSR count). The van der Waals surface area contributed by atoms with Crippen LogP contribution in [0.1, 0.15) is 22.8 Å². The summed E-state index contributed by atoms with van der Waals surface area (Å²) in [7, 11) is 1.61. The number of methoxy groups -OCH3 is 1. The van der Waals surface area contributed by atoms with E-state index in [9.17, 15) is 9.59 Å². The molecule has 0 bridgehead atoms. The molecule has 0 fully saturated rings. The van der Waals surface area contributed by atoms with E-state index < -0.39 is 5.97 Å². The maximum atomic E-state index is 12.2. The van der Waals surface area contributed by atoms with Gasteiger partial charge in [-0.1, -0.05) is 6.07 Å². The number of nitrogens with zero attached hydrogens (tertiary/aromatic N) is 1. The number of pyridine rings is 1. The van der Waals surface area contributed by atoms with Crippen molar-refractivity contribution >= 4 is 5.97 Å². The summed E-state index contributed by atoms with van der Waals surface area (Å²) in [5.74, 6) is 0.174. The first kappa shape index (κ1) is 14.4. The molecule has 0 unspecified atom stereocenters. The first-order valence-corrected chi connectivity index (χ1v) is 7.23. The van der Waals surface area contributed by atoms with E-state index >= 15 is 0 Å². The monoisotopic (exact) mass is 299 g/mol. The Labute approximate surface area is 128 Å². The highest BCUT2D eigenvalue weighted by Crippen LogP contribution is 2.31. The third-order valence-electron chi connectivity index (χ3n) is 3.84. The molecule has 2 heterocycles. The van der Waals surface area contributed by atoms with E-state index in [1.54, 1.807) is 20.2 Å². The van der Waals surface area contributed by atoms with Gasteiger partial charge in [-0.2, -0.15) is 0 Å². The highest BCUT2D eigenvalue weighted by atomic mass is 16.5. The minimum absolute atomic E-state index is 0.0805. The quantitative estimate of drug-likeness (QED) is 0.816. The Hall–Kier alpha value is -2.56. The second-order valence-electron chi connectivity index (χ2n) is 5.12. The molecule has 0 aliphatic carbocycles. The first-order chi connectivity index (χ1) is 10.6. The molecule has 0 atom stereocenters. The van der Waals surface area contributed by atoms with Gasteiger partial charge in [0.15, 0.2) is 5.43 Å². The minimum atomic E-state index is -0.570. The van der Waals surface area contributed by atoms with Gasteiger partial charge in [0.1, 0.15) is 11.3 Å². The summed E-state index contributed by atoms with van der Waals surface area (Å²) < 4.78 is 12.1. The Morgan fingerprint density at radius 2 is 2.14 bits per heavy atom. The van der Waals surface area contributed by atoms with E-state index in [0.29, 0.717) is 0 Å². The Morgan fingerprint density at radius 3 is 2.86 bits per heavy atom. The van der Waals surface area contributed by atoms with Crippen LogP contribution < -0.4 is 10.2 Å². The van der Waals surface area contributed by atoms with Crippen molar-refractivity contribution in [2.75, 3.05) is 13.7 Å². The third kappa shape index (κ3) is 2.39. The van der Waals surface area contributed by atoms with Crippen LogP contribution in [0.4, 0.5) is 0 Å². The molecule has 22 heavy (non-hydrogen) atoms. The Morgan fingerprint density at radius 1 is 1.32 bits per heavy atom. The van der Waals surface area contributed by atoms with Gasteiger partial charge in [-0.15, -0.1) is 0 Å². The molecular weight excluding hydrogens is 282 g/mol. The van der Waals surface area contributed by atoms with Crippen LogP contribution in [0.3, 0.4) is 0 Å². The summed E-state index contributed by atoms with van der Waals surface area (Å²) in [6, 6.07) is 7.36. The van der Waals surface area contributed by atoms with Crippen LogP contribution in [0.25, 0.3) is 11.3 Å². The van der Waals surface area contributed by atoms with Crippen LogP contribution >= 0.6 is 0 Å². The number of benzene rings is 1. The molecule has 0 spiro atoms. The van der Waals surface area contributed by atoms with E-state index in [0.717, 1.165) is 30.0 Å². The average Bonchev–Trinajstić information content (AvgIpc) is 2.53. The average molecular weight is 299 g/mol. The van der Waals surface area contributed by atoms with Crippen molar-refractivity contribution in [3.05, 3.63) is 51.8 Å². The van der Waals surface area contributed by atoms with Crippen LogP contribution in [0.15, 0.2) is 35.3 Å². The van der Waals surface area contributed by atoms with Crippen LogP contribution in [0.2, 0.25) is 0 Å². The topological polar surface area (TPSA) is 57.5 Å². The molecule has 0 amide bonds. The minimum Gasteiger partial charge on any atom is -0.497 e. The molecule has 2 aromatic rings. The molecule has 0 N–H and O–H groups in total. The van der Waals surface area contributed by atoms with Crippen LogP contribution in [0.5, 0.6) is 5.75 Å². The fraction of sp³-hybridized carbons (Fsp3) is 0.294. The largest absolute Gasteiger partial charge is 0.497 e. The lowest BCUT2D eigenvalue weighted by molar-refractivity contribution is 0.0524. The van der Waals surface area contributed by atoms with Gasteiger partial charge in [0.25, 0.3) is 0 Å². The highest BCUT2D eigenvalue weighted by Gasteiger charge is 2.20. The van der Waals surface area contributed by atoms with Crippen molar-refractivity contribution in [2.24, 2.45) is 0 Å². The zero-order chi connectivity index (χ0) is 15.7. The SMILES string of the molecule is CCOC(=O)c1cn2c(cc1=O)-c1cc(OC)ccc1CC2. The normalized spacial score (nSPS) is 12.3. The van der Waals surface area contributed by atoms with Gasteiger partial charge in [0.05, 0.1) is 19.4 Å². The Kier molecular flexibility index (Phi) is 3.71. The summed E-state index contributed by atoms with van der Waals surface area (Å²) >= 11 is 0. The first-order valence-electron chi connectivity index (χ1n) is 7.23. The summed E-state index contributed by atoms with van der Waals surface area (Å²) in [6.45, 7) is 2.69. The molecule has 1 aliphatic heterocycles. The lowest BCUT2D eigenvalue weighted by atomic mass is 9.96. The number of carbonyl (C=O) groups excluding carboxylic acids is 1. The number of carbonyl (C=O) groups is 1. The van der Waals surface area contributed by atoms with Crippen molar-refractivity contribution in [1.29, 1.82) is 0 Å². The summed E-state index contributed by atoms with van der Waals surface area (Å²) in [5.41, 5.74) is 2.71. The number of esters is 1. The molecule has 1 aromatic heterocycles. The van der Waals surface area contributed by atoms with Gasteiger partial charge in [-0.3, -0.25) is 4.79 Å². The lowest BCUT2D eigenvalue weighted by Crippen LogP contribution is -2.23. The van der Waals surface area contributed by atoms with E-state index in [1.807, 2.05) is 22.8 Å². The van der Waals surface area contributed by atoms with E-state index in [2.05, 4.69) is 0 Å². The van der Waals surface area contributed by atoms with Gasteiger partial charge >= 0.3 is 5.97 Å². The van der Waals surface area contributed by atoms with Gasteiger partial charge in [0.2, 0.25) is 0 Å². The predicted octanol–water partition coefficient (Wildman–Crippen LogP) is 2.26. The second kappa shape index (κ2) is 5.67. The molecule has 5 nitrogen and oxygen atoms in total. The molecule has 0 radical (unpaired) electrons. The zero-order valence-corrected chi connectivity index (χ0v) is 12.6. The van der Waals surface area contributed by atoms with Crippen LogP contribution in [0, 0.1) is 0 Å². The zero-order valence-electron chi connectivity index (χ0n) is 12.6.